The molecule has 0 saturated carbocycles. The van der Waals surface area contributed by atoms with Crippen LogP contribution >= 0.6 is 0 Å². The predicted molar refractivity (Wildman–Crippen MR) is 128 cm³/mol. The molecule has 0 spiro atoms. The fourth-order valence-corrected chi connectivity index (χ4v) is 2.96. The van der Waals surface area contributed by atoms with E-state index < -0.39 is 0 Å². The highest BCUT2D eigenvalue weighted by Crippen LogP contribution is 2.28. The van der Waals surface area contributed by atoms with Crippen molar-refractivity contribution in [3.63, 3.8) is 0 Å². The van der Waals surface area contributed by atoms with Gasteiger partial charge in [-0.1, -0.05) is 6.07 Å². The second-order valence-electron chi connectivity index (χ2n) is 7.37. The SMILES string of the molecule is CCOc1cc(/C=N/NC(=O)c2ccncc2)ccc1OCCCOc1ccc(C)c(C)c1. The molecule has 3 rings (SSSR count). The van der Waals surface area contributed by atoms with Crippen molar-refractivity contribution < 1.29 is 19.0 Å². The first-order valence-electron chi connectivity index (χ1n) is 10.9. The molecule has 7 heteroatoms. The minimum Gasteiger partial charge on any atom is -0.493 e. The Morgan fingerprint density at radius 3 is 2.48 bits per heavy atom. The Bertz CT molecular complexity index is 1080. The standard InChI is InChI=1S/C26H29N3O4/c1-4-31-25-17-21(18-28-29-26(30)22-10-12-27-13-11-22)7-9-24(25)33-15-5-14-32-23-8-6-19(2)20(3)16-23/h6-13,16-18H,4-5,14-15H2,1-3H3,(H,29,30)/b28-18+. The number of rotatable bonds is 11. The van der Waals surface area contributed by atoms with E-state index in [1.54, 1.807) is 30.7 Å². The van der Waals surface area contributed by atoms with Gasteiger partial charge in [0.2, 0.25) is 0 Å². The zero-order chi connectivity index (χ0) is 23.5. The van der Waals surface area contributed by atoms with Gasteiger partial charge in [-0.05, 0) is 79.9 Å². The van der Waals surface area contributed by atoms with Crippen LogP contribution in [-0.4, -0.2) is 36.9 Å². The number of hydrazone groups is 1. The number of aryl methyl sites for hydroxylation is 2. The Labute approximate surface area is 194 Å². The van der Waals surface area contributed by atoms with E-state index in [-0.39, 0.29) is 5.91 Å². The van der Waals surface area contributed by atoms with Crippen LogP contribution in [0.2, 0.25) is 0 Å². The molecule has 1 N–H and O–H groups in total. The molecular formula is C26H29N3O4. The molecule has 0 radical (unpaired) electrons. The largest absolute Gasteiger partial charge is 0.493 e. The van der Waals surface area contributed by atoms with E-state index in [2.05, 4.69) is 35.4 Å². The number of benzene rings is 2. The lowest BCUT2D eigenvalue weighted by Crippen LogP contribution is -2.17. The average Bonchev–Trinajstić information content (AvgIpc) is 2.83. The van der Waals surface area contributed by atoms with Gasteiger partial charge in [-0.15, -0.1) is 0 Å². The third-order valence-corrected chi connectivity index (χ3v) is 4.88. The summed E-state index contributed by atoms with van der Waals surface area (Å²) < 4.78 is 17.4. The molecule has 33 heavy (non-hydrogen) atoms. The lowest BCUT2D eigenvalue weighted by molar-refractivity contribution is 0.0955. The number of carbonyl (C=O) groups excluding carboxylic acids is 1. The lowest BCUT2D eigenvalue weighted by atomic mass is 10.1. The summed E-state index contributed by atoms with van der Waals surface area (Å²) in [5, 5.41) is 4.02. The molecule has 2 aromatic carbocycles. The smallest absolute Gasteiger partial charge is 0.271 e. The van der Waals surface area contributed by atoms with Crippen LogP contribution in [0.3, 0.4) is 0 Å². The minimum atomic E-state index is -0.304. The minimum absolute atomic E-state index is 0.304. The number of pyridine rings is 1. The van der Waals surface area contributed by atoms with Gasteiger partial charge in [-0.2, -0.15) is 5.10 Å². The van der Waals surface area contributed by atoms with Crippen LogP contribution in [0.4, 0.5) is 0 Å². The highest BCUT2D eigenvalue weighted by molar-refractivity contribution is 5.94. The van der Waals surface area contributed by atoms with E-state index in [1.165, 1.54) is 11.1 Å². The van der Waals surface area contributed by atoms with Gasteiger partial charge in [-0.25, -0.2) is 5.43 Å². The predicted octanol–water partition coefficient (Wildman–Crippen LogP) is 4.71. The van der Waals surface area contributed by atoms with Crippen molar-refractivity contribution in [3.05, 3.63) is 83.2 Å². The van der Waals surface area contributed by atoms with Gasteiger partial charge in [-0.3, -0.25) is 9.78 Å². The molecule has 1 aromatic heterocycles. The Kier molecular flexibility index (Phi) is 8.82. The second kappa shape index (κ2) is 12.2. The fraction of sp³-hybridized carbons (Fsp3) is 0.269. The normalized spacial score (nSPS) is 10.8. The average molecular weight is 448 g/mol. The molecule has 0 saturated heterocycles. The van der Waals surface area contributed by atoms with Gasteiger partial charge < -0.3 is 14.2 Å². The summed E-state index contributed by atoms with van der Waals surface area (Å²) in [4.78, 5) is 15.9. The van der Waals surface area contributed by atoms with Gasteiger partial charge in [0, 0.05) is 24.4 Å². The number of carbonyl (C=O) groups is 1. The summed E-state index contributed by atoms with van der Waals surface area (Å²) >= 11 is 0. The molecule has 3 aromatic rings. The quantitative estimate of drug-likeness (QED) is 0.262. The van der Waals surface area contributed by atoms with Gasteiger partial charge in [0.1, 0.15) is 5.75 Å². The maximum atomic E-state index is 12.0. The van der Waals surface area contributed by atoms with Gasteiger partial charge in [0.15, 0.2) is 11.5 Å². The van der Waals surface area contributed by atoms with Crippen molar-refractivity contribution in [3.8, 4) is 17.2 Å². The van der Waals surface area contributed by atoms with Crippen molar-refractivity contribution in [1.29, 1.82) is 0 Å². The van der Waals surface area contributed by atoms with E-state index in [9.17, 15) is 4.79 Å². The van der Waals surface area contributed by atoms with Crippen LogP contribution in [0.15, 0.2) is 66.0 Å². The first-order chi connectivity index (χ1) is 16.1. The molecule has 0 unspecified atom stereocenters. The summed E-state index contributed by atoms with van der Waals surface area (Å²) in [7, 11) is 0. The van der Waals surface area contributed by atoms with Crippen LogP contribution in [0.5, 0.6) is 17.2 Å². The van der Waals surface area contributed by atoms with Crippen molar-refractivity contribution in [1.82, 2.24) is 10.4 Å². The summed E-state index contributed by atoms with van der Waals surface area (Å²) in [6.45, 7) is 7.64. The van der Waals surface area contributed by atoms with E-state index in [1.807, 2.05) is 37.3 Å². The topological polar surface area (TPSA) is 82.0 Å². The van der Waals surface area contributed by atoms with Gasteiger partial charge in [0.05, 0.1) is 26.0 Å². The molecule has 7 nitrogen and oxygen atoms in total. The number of nitrogens with zero attached hydrogens (tertiary/aromatic N) is 2. The number of hydrogen-bond acceptors (Lipinski definition) is 6. The molecule has 1 heterocycles. The van der Waals surface area contributed by atoms with Crippen molar-refractivity contribution in [2.45, 2.75) is 27.2 Å². The molecule has 1 amide bonds. The number of aromatic nitrogens is 1. The fourth-order valence-electron chi connectivity index (χ4n) is 2.96. The van der Waals surface area contributed by atoms with Gasteiger partial charge in [0.25, 0.3) is 5.91 Å². The molecule has 0 fully saturated rings. The first-order valence-corrected chi connectivity index (χ1v) is 10.9. The Balaban J connectivity index is 1.50. The maximum absolute atomic E-state index is 12.0. The molecular weight excluding hydrogens is 418 g/mol. The molecule has 172 valence electrons. The van der Waals surface area contributed by atoms with Crippen LogP contribution in [0.1, 0.15) is 40.4 Å². The molecule has 0 atom stereocenters. The van der Waals surface area contributed by atoms with Crippen molar-refractivity contribution in [2.75, 3.05) is 19.8 Å². The van der Waals surface area contributed by atoms with E-state index >= 15 is 0 Å². The molecule has 0 aliphatic rings. The number of hydrogen-bond donors (Lipinski definition) is 1. The summed E-state index contributed by atoms with van der Waals surface area (Å²) in [5.41, 5.74) is 6.23. The monoisotopic (exact) mass is 447 g/mol. The van der Waals surface area contributed by atoms with Crippen LogP contribution in [0, 0.1) is 13.8 Å². The van der Waals surface area contributed by atoms with Crippen LogP contribution < -0.4 is 19.6 Å². The number of nitrogens with one attached hydrogen (secondary N) is 1. The Morgan fingerprint density at radius 2 is 1.73 bits per heavy atom. The van der Waals surface area contributed by atoms with E-state index in [0.717, 1.165) is 17.7 Å². The lowest BCUT2D eigenvalue weighted by Gasteiger charge is -2.13. The third kappa shape index (κ3) is 7.35. The Morgan fingerprint density at radius 1 is 0.939 bits per heavy atom. The van der Waals surface area contributed by atoms with E-state index in [4.69, 9.17) is 14.2 Å². The second-order valence-corrected chi connectivity index (χ2v) is 7.37. The Hall–Kier alpha value is -3.87. The number of ether oxygens (including phenoxy) is 3. The van der Waals surface area contributed by atoms with Crippen LogP contribution in [-0.2, 0) is 0 Å². The third-order valence-electron chi connectivity index (χ3n) is 4.88. The zero-order valence-electron chi connectivity index (χ0n) is 19.2. The highest BCUT2D eigenvalue weighted by Gasteiger charge is 2.07. The van der Waals surface area contributed by atoms with Crippen molar-refractivity contribution >= 4 is 12.1 Å². The summed E-state index contributed by atoms with van der Waals surface area (Å²) in [5.74, 6) is 1.84. The first kappa shape index (κ1) is 23.8. The number of amides is 1. The summed E-state index contributed by atoms with van der Waals surface area (Å²) in [6, 6.07) is 14.8. The highest BCUT2D eigenvalue weighted by atomic mass is 16.5. The molecule has 0 bridgehead atoms. The van der Waals surface area contributed by atoms with Crippen molar-refractivity contribution in [2.24, 2.45) is 5.10 Å². The van der Waals surface area contributed by atoms with Gasteiger partial charge >= 0.3 is 0 Å². The maximum Gasteiger partial charge on any atom is 0.271 e. The van der Waals surface area contributed by atoms with E-state index in [0.29, 0.717) is 36.9 Å². The molecule has 0 aliphatic carbocycles. The zero-order valence-corrected chi connectivity index (χ0v) is 19.2. The molecule has 0 aliphatic heterocycles. The van der Waals surface area contributed by atoms with Crippen LogP contribution in [0.25, 0.3) is 0 Å². The summed E-state index contributed by atoms with van der Waals surface area (Å²) in [6.07, 6.45) is 5.41.